The third-order valence-corrected chi connectivity index (χ3v) is 3.40. The lowest BCUT2D eigenvalue weighted by atomic mass is 10.1. The minimum absolute atomic E-state index is 0.302. The van der Waals surface area contributed by atoms with E-state index in [1.54, 1.807) is 24.3 Å². The predicted molar refractivity (Wildman–Crippen MR) is 88.6 cm³/mol. The van der Waals surface area contributed by atoms with Crippen molar-refractivity contribution in [3.05, 3.63) is 53.0 Å². The Kier molecular flexibility index (Phi) is 3.96. The maximum atomic E-state index is 7.22. The van der Waals surface area contributed by atoms with Gasteiger partial charge in [0.15, 0.2) is 5.69 Å². The average Bonchev–Trinajstić information content (AvgIpc) is 3.05. The standard InChI is InChI=1S/C16H12ClN5O/c1-18-12-6-10(7-13(8-12)22(2)3)15-20-16(23-21-15)14-5-4-11(17)9-19-14/h4-9H,2-3H3. The van der Waals surface area contributed by atoms with Gasteiger partial charge in [0.05, 0.1) is 11.6 Å². The van der Waals surface area contributed by atoms with E-state index in [0.717, 1.165) is 5.69 Å². The van der Waals surface area contributed by atoms with Crippen molar-refractivity contribution in [2.24, 2.45) is 0 Å². The van der Waals surface area contributed by atoms with Gasteiger partial charge in [-0.25, -0.2) is 9.83 Å². The molecule has 114 valence electrons. The van der Waals surface area contributed by atoms with Gasteiger partial charge in [0.25, 0.3) is 5.89 Å². The van der Waals surface area contributed by atoms with E-state index < -0.39 is 0 Å². The monoisotopic (exact) mass is 325 g/mol. The van der Waals surface area contributed by atoms with Crippen LogP contribution in [0.2, 0.25) is 5.02 Å². The van der Waals surface area contributed by atoms with Crippen LogP contribution >= 0.6 is 11.6 Å². The molecule has 0 fully saturated rings. The summed E-state index contributed by atoms with van der Waals surface area (Å²) in [6.07, 6.45) is 1.52. The van der Waals surface area contributed by atoms with Gasteiger partial charge in [-0.1, -0.05) is 16.8 Å². The zero-order chi connectivity index (χ0) is 16.4. The second kappa shape index (κ2) is 6.07. The first-order valence-electron chi connectivity index (χ1n) is 6.72. The third-order valence-electron chi connectivity index (χ3n) is 3.18. The number of halogens is 1. The quantitative estimate of drug-likeness (QED) is 0.679. The van der Waals surface area contributed by atoms with Crippen molar-refractivity contribution in [1.82, 2.24) is 15.1 Å². The highest BCUT2D eigenvalue weighted by molar-refractivity contribution is 6.30. The summed E-state index contributed by atoms with van der Waals surface area (Å²) in [5.41, 5.74) is 2.67. The molecule has 2 aromatic heterocycles. The van der Waals surface area contributed by atoms with Gasteiger partial charge < -0.3 is 9.42 Å². The lowest BCUT2D eigenvalue weighted by molar-refractivity contribution is 0.431. The van der Waals surface area contributed by atoms with Crippen molar-refractivity contribution < 1.29 is 4.52 Å². The summed E-state index contributed by atoms with van der Waals surface area (Å²) in [4.78, 5) is 13.9. The fourth-order valence-corrected chi connectivity index (χ4v) is 2.11. The zero-order valence-electron chi connectivity index (χ0n) is 12.5. The molecule has 0 aliphatic rings. The van der Waals surface area contributed by atoms with Crippen molar-refractivity contribution in [2.45, 2.75) is 0 Å². The molecule has 0 N–H and O–H groups in total. The Hall–Kier alpha value is -2.91. The predicted octanol–water partition coefficient (Wildman–Crippen LogP) is 4.07. The maximum Gasteiger partial charge on any atom is 0.276 e. The van der Waals surface area contributed by atoms with Gasteiger partial charge in [-0.2, -0.15) is 4.98 Å². The SMILES string of the molecule is [C-]#[N+]c1cc(-c2noc(-c3ccc(Cl)cn3)n2)cc(N(C)C)c1. The maximum absolute atomic E-state index is 7.22. The second-order valence-electron chi connectivity index (χ2n) is 5.03. The highest BCUT2D eigenvalue weighted by Gasteiger charge is 2.13. The van der Waals surface area contributed by atoms with Gasteiger partial charge in [-0.05, 0) is 30.3 Å². The second-order valence-corrected chi connectivity index (χ2v) is 5.47. The van der Waals surface area contributed by atoms with Gasteiger partial charge in [-0.3, -0.25) is 0 Å². The van der Waals surface area contributed by atoms with E-state index >= 15 is 0 Å². The molecule has 0 spiro atoms. The van der Waals surface area contributed by atoms with Crippen LogP contribution in [0.4, 0.5) is 11.4 Å². The van der Waals surface area contributed by atoms with E-state index in [1.165, 1.54) is 6.20 Å². The number of rotatable bonds is 3. The summed E-state index contributed by atoms with van der Waals surface area (Å²) in [7, 11) is 3.82. The molecule has 0 radical (unpaired) electrons. The molecule has 6 nitrogen and oxygen atoms in total. The number of pyridine rings is 1. The van der Waals surface area contributed by atoms with Crippen LogP contribution in [0.1, 0.15) is 0 Å². The molecule has 2 heterocycles. The summed E-state index contributed by atoms with van der Waals surface area (Å²) in [5, 5.41) is 4.52. The smallest absolute Gasteiger partial charge is 0.276 e. The number of nitrogens with zero attached hydrogens (tertiary/aromatic N) is 5. The Balaban J connectivity index is 2.02. The third kappa shape index (κ3) is 3.15. The Labute approximate surface area is 138 Å². The molecule has 3 rings (SSSR count). The van der Waals surface area contributed by atoms with Crippen LogP contribution in [0, 0.1) is 6.57 Å². The minimum Gasteiger partial charge on any atom is -0.379 e. The number of benzene rings is 1. The van der Waals surface area contributed by atoms with Crippen LogP contribution in [-0.2, 0) is 0 Å². The molecule has 0 bridgehead atoms. The van der Waals surface area contributed by atoms with E-state index in [1.807, 2.05) is 25.1 Å². The zero-order valence-corrected chi connectivity index (χ0v) is 13.2. The van der Waals surface area contributed by atoms with E-state index in [-0.39, 0.29) is 0 Å². The molecular formula is C16H12ClN5O. The molecule has 7 heteroatoms. The topological polar surface area (TPSA) is 59.4 Å². The summed E-state index contributed by atoms with van der Waals surface area (Å²) in [6.45, 7) is 7.22. The molecule has 0 atom stereocenters. The molecule has 0 saturated carbocycles. The largest absolute Gasteiger partial charge is 0.379 e. The van der Waals surface area contributed by atoms with Crippen LogP contribution in [0.3, 0.4) is 0 Å². The molecule has 3 aromatic rings. The Morgan fingerprint density at radius 1 is 1.22 bits per heavy atom. The van der Waals surface area contributed by atoms with Crippen molar-refractivity contribution >= 4 is 23.0 Å². The van der Waals surface area contributed by atoms with Crippen molar-refractivity contribution in [1.29, 1.82) is 0 Å². The summed E-state index contributed by atoms with van der Waals surface area (Å²) in [5.74, 6) is 0.710. The average molecular weight is 326 g/mol. The lowest BCUT2D eigenvalue weighted by Gasteiger charge is -2.13. The summed E-state index contributed by atoms with van der Waals surface area (Å²) < 4.78 is 5.26. The molecule has 0 saturated heterocycles. The van der Waals surface area contributed by atoms with Crippen LogP contribution in [0.15, 0.2) is 41.1 Å². The fraction of sp³-hybridized carbons (Fsp3) is 0.125. The van der Waals surface area contributed by atoms with Crippen molar-refractivity contribution in [3.63, 3.8) is 0 Å². The van der Waals surface area contributed by atoms with Crippen LogP contribution in [-0.4, -0.2) is 29.2 Å². The molecule has 0 amide bonds. The first-order valence-corrected chi connectivity index (χ1v) is 7.10. The van der Waals surface area contributed by atoms with E-state index in [9.17, 15) is 0 Å². The Bertz CT molecular complexity index is 880. The fourth-order valence-electron chi connectivity index (χ4n) is 1.99. The normalized spacial score (nSPS) is 10.3. The van der Waals surface area contributed by atoms with Crippen molar-refractivity contribution in [3.8, 4) is 23.0 Å². The molecular weight excluding hydrogens is 314 g/mol. The van der Waals surface area contributed by atoms with Gasteiger partial charge in [-0.15, -0.1) is 0 Å². The first-order chi connectivity index (χ1) is 11.1. The molecule has 0 unspecified atom stereocenters. The summed E-state index contributed by atoms with van der Waals surface area (Å²) >= 11 is 5.82. The number of hydrogen-bond donors (Lipinski definition) is 0. The van der Waals surface area contributed by atoms with E-state index in [0.29, 0.717) is 33.7 Å². The van der Waals surface area contributed by atoms with Gasteiger partial charge >= 0.3 is 0 Å². The van der Waals surface area contributed by atoms with Gasteiger partial charge in [0.2, 0.25) is 5.82 Å². The van der Waals surface area contributed by atoms with Crippen molar-refractivity contribution in [2.75, 3.05) is 19.0 Å². The Morgan fingerprint density at radius 3 is 2.70 bits per heavy atom. The molecule has 23 heavy (non-hydrogen) atoms. The van der Waals surface area contributed by atoms with Crippen LogP contribution in [0.5, 0.6) is 0 Å². The van der Waals surface area contributed by atoms with Gasteiger partial charge in [0, 0.05) is 31.5 Å². The van der Waals surface area contributed by atoms with Crippen LogP contribution < -0.4 is 4.90 Å². The molecule has 0 aliphatic carbocycles. The van der Waals surface area contributed by atoms with Gasteiger partial charge in [0.1, 0.15) is 5.69 Å². The lowest BCUT2D eigenvalue weighted by Crippen LogP contribution is -2.08. The Morgan fingerprint density at radius 2 is 2.04 bits per heavy atom. The highest BCUT2D eigenvalue weighted by atomic mass is 35.5. The van der Waals surface area contributed by atoms with Crippen LogP contribution in [0.25, 0.3) is 27.8 Å². The number of anilines is 1. The number of aromatic nitrogens is 3. The first kappa shape index (κ1) is 15.0. The van der Waals surface area contributed by atoms with E-state index in [2.05, 4.69) is 20.0 Å². The summed E-state index contributed by atoms with van der Waals surface area (Å²) in [6, 6.07) is 8.85. The minimum atomic E-state index is 0.302. The number of hydrogen-bond acceptors (Lipinski definition) is 5. The molecule has 1 aromatic carbocycles. The molecule has 0 aliphatic heterocycles. The highest BCUT2D eigenvalue weighted by Crippen LogP contribution is 2.29. The van der Waals surface area contributed by atoms with E-state index in [4.69, 9.17) is 22.7 Å².